The van der Waals surface area contributed by atoms with Crippen molar-refractivity contribution in [3.05, 3.63) is 77.4 Å². The van der Waals surface area contributed by atoms with Crippen LogP contribution in [0.15, 0.2) is 76.5 Å². The van der Waals surface area contributed by atoms with E-state index >= 15 is 0 Å². The molecular weight excluding hydrogens is 558 g/mol. The average Bonchev–Trinajstić information content (AvgIpc) is 3.31. The molecule has 3 aliphatic rings. The number of methoxy groups -OCH3 is 1. The second-order valence-electron chi connectivity index (χ2n) is 11.4. The molecule has 1 aliphatic heterocycles. The lowest BCUT2D eigenvalue weighted by atomic mass is 9.94. The summed E-state index contributed by atoms with van der Waals surface area (Å²) in [5.41, 5.74) is 1.15. The lowest BCUT2D eigenvalue weighted by Crippen LogP contribution is -2.41. The lowest BCUT2D eigenvalue weighted by molar-refractivity contribution is -0.129. The highest BCUT2D eigenvalue weighted by atomic mass is 16.5. The summed E-state index contributed by atoms with van der Waals surface area (Å²) < 4.78 is 5.73. The Balaban J connectivity index is 1.74. The summed E-state index contributed by atoms with van der Waals surface area (Å²) in [5.74, 6) is -1.31. The van der Waals surface area contributed by atoms with E-state index < -0.39 is 17.7 Å². The molecule has 0 spiro atoms. The van der Waals surface area contributed by atoms with Gasteiger partial charge in [0.15, 0.2) is 0 Å². The lowest BCUT2D eigenvalue weighted by Gasteiger charge is -2.34. The summed E-state index contributed by atoms with van der Waals surface area (Å²) in [6.45, 7) is 5.59. The van der Waals surface area contributed by atoms with Crippen molar-refractivity contribution in [2.75, 3.05) is 20.7 Å². The number of fused-ring (bicyclic) bond motifs is 1. The first-order valence-electron chi connectivity index (χ1n) is 15.5. The van der Waals surface area contributed by atoms with Gasteiger partial charge in [-0.1, -0.05) is 75.5 Å². The minimum Gasteiger partial charge on any atom is -0.480 e. The number of benzene rings is 1. The molecule has 2 aliphatic carbocycles. The van der Waals surface area contributed by atoms with Crippen LogP contribution in [0, 0.1) is 0 Å². The number of allylic oxidation sites excluding steroid dienone is 3. The van der Waals surface area contributed by atoms with E-state index in [1.165, 1.54) is 16.9 Å². The van der Waals surface area contributed by atoms with Gasteiger partial charge in [-0.25, -0.2) is 0 Å². The third-order valence-corrected chi connectivity index (χ3v) is 8.75. The molecule has 10 nitrogen and oxygen atoms in total. The predicted octanol–water partition coefficient (Wildman–Crippen LogP) is 6.45. The Kier molecular flexibility index (Phi) is 11.4. The molecule has 2 fully saturated rings. The summed E-state index contributed by atoms with van der Waals surface area (Å²) in [5, 5.41) is 8.78. The van der Waals surface area contributed by atoms with Crippen molar-refractivity contribution in [1.82, 2.24) is 14.7 Å². The number of azo groups is 1. The molecule has 0 unspecified atom stereocenters. The van der Waals surface area contributed by atoms with Crippen LogP contribution in [-0.4, -0.2) is 71.6 Å². The molecule has 0 bridgehead atoms. The summed E-state index contributed by atoms with van der Waals surface area (Å²) in [7, 11) is 3.16. The maximum Gasteiger partial charge on any atom is 0.279 e. The summed E-state index contributed by atoms with van der Waals surface area (Å²) in [4.78, 5) is 57.6. The normalized spacial score (nSPS) is 18.9. The number of imide groups is 1. The van der Waals surface area contributed by atoms with Gasteiger partial charge in [-0.15, -0.1) is 10.2 Å². The van der Waals surface area contributed by atoms with E-state index in [2.05, 4.69) is 16.8 Å². The third kappa shape index (κ3) is 7.06. The number of likely N-dealkylation sites (N-methyl/N-ethyl adjacent to an activating group) is 1. The average molecular weight is 602 g/mol. The zero-order valence-corrected chi connectivity index (χ0v) is 26.0. The molecule has 44 heavy (non-hydrogen) atoms. The van der Waals surface area contributed by atoms with Crippen LogP contribution >= 0.6 is 0 Å². The number of hydrogen-bond acceptors (Lipinski definition) is 7. The van der Waals surface area contributed by atoms with E-state index in [0.717, 1.165) is 69.8 Å². The van der Waals surface area contributed by atoms with E-state index in [4.69, 9.17) is 4.74 Å². The Hall–Kier alpha value is -4.34. The summed E-state index contributed by atoms with van der Waals surface area (Å²) >= 11 is 0. The van der Waals surface area contributed by atoms with Crippen molar-refractivity contribution in [3.8, 4) is 0 Å². The maximum atomic E-state index is 14.1. The Bertz CT molecular complexity index is 1380. The molecule has 1 aromatic rings. The Morgan fingerprint density at radius 3 is 2.30 bits per heavy atom. The fraction of sp³-hybridized carbons (Fsp3) is 0.471. The van der Waals surface area contributed by atoms with Crippen molar-refractivity contribution in [2.24, 2.45) is 10.2 Å². The monoisotopic (exact) mass is 601 g/mol. The Morgan fingerprint density at radius 1 is 1.05 bits per heavy atom. The second-order valence-corrected chi connectivity index (χ2v) is 11.4. The molecular formula is C34H43N5O5. The molecule has 4 amide bonds. The number of amides is 4. The van der Waals surface area contributed by atoms with Crippen LogP contribution in [0.2, 0.25) is 0 Å². The molecule has 0 atom stereocenters. The highest BCUT2D eigenvalue weighted by Gasteiger charge is 2.38. The van der Waals surface area contributed by atoms with Crippen LogP contribution in [0.3, 0.4) is 0 Å². The first-order chi connectivity index (χ1) is 21.4. The molecule has 1 heterocycles. The van der Waals surface area contributed by atoms with E-state index in [1.54, 1.807) is 48.4 Å². The van der Waals surface area contributed by atoms with Crippen molar-refractivity contribution in [2.45, 2.75) is 83.2 Å². The molecule has 4 rings (SSSR count). The Morgan fingerprint density at radius 2 is 1.70 bits per heavy atom. The number of hydrogen-bond donors (Lipinski definition) is 0. The van der Waals surface area contributed by atoms with Crippen molar-refractivity contribution >= 4 is 29.8 Å². The Labute approximate surface area is 259 Å². The van der Waals surface area contributed by atoms with Gasteiger partial charge in [-0.2, -0.15) is 0 Å². The first-order valence-corrected chi connectivity index (χ1v) is 15.5. The molecule has 2 saturated carbocycles. The van der Waals surface area contributed by atoms with Gasteiger partial charge in [-0.3, -0.25) is 29.0 Å². The third-order valence-electron chi connectivity index (χ3n) is 8.75. The van der Waals surface area contributed by atoms with Gasteiger partial charge < -0.3 is 9.64 Å². The van der Waals surface area contributed by atoms with Crippen molar-refractivity contribution in [3.63, 3.8) is 0 Å². The minimum atomic E-state index is -0.495. The molecule has 0 aromatic heterocycles. The molecule has 1 aromatic carbocycles. The number of carbonyl (C=O) groups is 4. The van der Waals surface area contributed by atoms with Crippen LogP contribution in [0.1, 0.15) is 91.8 Å². The minimum absolute atomic E-state index is 0.0311. The second kappa shape index (κ2) is 15.4. The number of nitrogens with zero attached hydrogens (tertiary/aromatic N) is 5. The maximum absolute atomic E-state index is 14.1. The molecule has 10 heteroatoms. The van der Waals surface area contributed by atoms with Crippen molar-refractivity contribution < 1.29 is 23.9 Å². The van der Waals surface area contributed by atoms with Crippen LogP contribution in [0.25, 0.3) is 0 Å². The largest absolute Gasteiger partial charge is 0.480 e. The van der Waals surface area contributed by atoms with Crippen LogP contribution in [0.4, 0.5) is 5.69 Å². The van der Waals surface area contributed by atoms with E-state index in [9.17, 15) is 19.2 Å². The highest BCUT2D eigenvalue weighted by molar-refractivity contribution is 6.23. The van der Waals surface area contributed by atoms with Gasteiger partial charge in [-0.05, 0) is 50.3 Å². The molecule has 0 saturated heterocycles. The quantitative estimate of drug-likeness (QED) is 0.0682. The number of carbonyl (C=O) groups excluding carboxylic acids is 4. The summed E-state index contributed by atoms with van der Waals surface area (Å²) in [6, 6.07) is 4.71. The fourth-order valence-corrected chi connectivity index (χ4v) is 6.22. The summed E-state index contributed by atoms with van der Waals surface area (Å²) in [6.07, 6.45) is 17.2. The fourth-order valence-electron chi connectivity index (χ4n) is 6.22. The van der Waals surface area contributed by atoms with Crippen LogP contribution < -0.4 is 0 Å². The van der Waals surface area contributed by atoms with E-state index in [-0.39, 0.29) is 47.0 Å². The molecule has 0 radical (unpaired) electrons. The zero-order valence-electron chi connectivity index (χ0n) is 26.0. The van der Waals surface area contributed by atoms with Crippen LogP contribution in [-0.2, 0) is 14.3 Å². The van der Waals surface area contributed by atoms with Gasteiger partial charge in [0.2, 0.25) is 18.0 Å². The highest BCUT2D eigenvalue weighted by Crippen LogP contribution is 2.34. The SMILES string of the molecule is C=C/C=C\C(=C/C)CN1C(=O)c2cccc(N=N/C(C(=O)N(C)C3CCCCC3)=C(\OC)N(C=O)C3CCCCC3)c2C1=O. The topological polar surface area (TPSA) is 112 Å². The zero-order chi connectivity index (χ0) is 31.6. The number of ether oxygens (including phenoxy) is 1. The van der Waals surface area contributed by atoms with Crippen molar-refractivity contribution in [1.29, 1.82) is 0 Å². The van der Waals surface area contributed by atoms with Crippen LogP contribution in [0.5, 0.6) is 0 Å². The van der Waals surface area contributed by atoms with Gasteiger partial charge in [0.05, 0.1) is 30.5 Å². The number of rotatable bonds is 12. The molecule has 234 valence electrons. The van der Waals surface area contributed by atoms with Gasteiger partial charge in [0, 0.05) is 19.1 Å². The van der Waals surface area contributed by atoms with Gasteiger partial charge >= 0.3 is 0 Å². The first kappa shape index (κ1) is 32.6. The smallest absolute Gasteiger partial charge is 0.279 e. The van der Waals surface area contributed by atoms with E-state index in [1.807, 2.05) is 13.0 Å². The predicted molar refractivity (Wildman–Crippen MR) is 168 cm³/mol. The van der Waals surface area contributed by atoms with E-state index in [0.29, 0.717) is 6.41 Å². The molecule has 0 N–H and O–H groups in total. The van der Waals surface area contributed by atoms with Gasteiger partial charge in [0.25, 0.3) is 17.7 Å². The van der Waals surface area contributed by atoms with Gasteiger partial charge in [0.1, 0.15) is 0 Å². The standard InChI is InChI=1S/C34H43N5O5/c1-5-7-15-24(6-2)22-38-31(41)27-20-14-21-28(29(27)32(38)42)35-36-30(33(43)37(3)25-16-10-8-11-17-25)34(44-4)39(23-40)26-18-12-9-13-19-26/h5-7,14-15,20-21,23,25-26H,1,8-13,16-19,22H2,2-4H3/b15-7-,24-6+,34-30-,36-35?.